The normalized spacial score (nSPS) is 14.9. The summed E-state index contributed by atoms with van der Waals surface area (Å²) in [5, 5.41) is 93.5. The molecule has 5 aromatic rings. The van der Waals surface area contributed by atoms with Crippen molar-refractivity contribution >= 4 is 75.2 Å². The fourth-order valence-corrected chi connectivity index (χ4v) is 11.0. The van der Waals surface area contributed by atoms with Gasteiger partial charge in [0.25, 0.3) is 0 Å². The summed E-state index contributed by atoms with van der Waals surface area (Å²) in [7, 11) is 0. The van der Waals surface area contributed by atoms with Crippen LogP contribution in [0.5, 0.6) is 11.5 Å². The highest BCUT2D eigenvalue weighted by atomic mass is 16.6. The molecule has 1 aliphatic rings. The quantitative estimate of drug-likeness (QED) is 0.0113. The number of nitrogens with one attached hydrogen (secondary N) is 4. The number of amides is 4. The molecule has 5 aromatic carbocycles. The first-order valence-corrected chi connectivity index (χ1v) is 29.8. The number of carboxylic acids is 5. The highest BCUT2D eigenvalue weighted by Gasteiger charge is 2.32. The van der Waals surface area contributed by atoms with E-state index in [4.69, 9.17) is 9.84 Å². The van der Waals surface area contributed by atoms with Crippen LogP contribution in [-0.4, -0.2) is 162 Å². The Labute approximate surface area is 514 Å². The maximum atomic E-state index is 14.2. The number of benzene rings is 5. The minimum atomic E-state index is -1.58. The molecular weight excluding hydrogens is 1150 g/mol. The largest absolute Gasteiger partial charge is 0.513 e. The van der Waals surface area contributed by atoms with E-state index in [0.717, 1.165) is 27.1 Å². The summed E-state index contributed by atoms with van der Waals surface area (Å²) < 4.78 is 4.97. The minimum absolute atomic E-state index is 0.0248. The molecule has 0 unspecified atom stereocenters. The zero-order valence-electron chi connectivity index (χ0n) is 49.6. The molecule has 0 aromatic heterocycles. The molecule has 0 spiro atoms. The van der Waals surface area contributed by atoms with Gasteiger partial charge < -0.3 is 66.9 Å². The third-order valence-electron chi connectivity index (χ3n) is 15.8. The van der Waals surface area contributed by atoms with Gasteiger partial charge in [-0.05, 0) is 133 Å². The van der Waals surface area contributed by atoms with Crippen LogP contribution in [0.2, 0.25) is 0 Å². The molecule has 24 nitrogen and oxygen atoms in total. The highest BCUT2D eigenvalue weighted by molar-refractivity contribution is 6.03. The SMILES string of the molecule is C=C(O)CCC[C@H](OC(=O)N[C@@H](CCCCNC(=O)[C@H](Cc1c2ccccc2cc2ccccc12)NC(=O)C1CCC(CNC(=O)CCc2ccc(O)c(CN(CCN(CC(=O)O)Cc3cc(CCC(=O)O)ccc3O)CC(=O)O)c2)CC1)C(=O)O)C(=O)O. The third kappa shape index (κ3) is 22.7. The van der Waals surface area contributed by atoms with Gasteiger partial charge in [-0.15, -0.1) is 0 Å². The number of hydrogen-bond acceptors (Lipinski definition) is 15. The lowest BCUT2D eigenvalue weighted by Crippen LogP contribution is -2.50. The Balaban J connectivity index is 1.00. The molecule has 12 N–H and O–H groups in total. The second-order valence-electron chi connectivity index (χ2n) is 22.6. The Morgan fingerprint density at radius 3 is 1.67 bits per heavy atom. The van der Waals surface area contributed by atoms with E-state index in [2.05, 4.69) is 33.9 Å². The summed E-state index contributed by atoms with van der Waals surface area (Å²) >= 11 is 0. The number of phenols is 2. The molecule has 24 heteroatoms. The Kier molecular flexibility index (Phi) is 26.5. The number of phenolic OH excluding ortho intramolecular Hbond substituents is 2. The number of aliphatic carboxylic acids is 5. The number of rotatable bonds is 37. The lowest BCUT2D eigenvalue weighted by molar-refractivity contribution is -0.147. The number of fused-ring (bicyclic) bond motifs is 2. The Morgan fingerprint density at radius 2 is 1.15 bits per heavy atom. The molecule has 0 heterocycles. The molecule has 478 valence electrons. The minimum Gasteiger partial charge on any atom is -0.513 e. The molecule has 6 rings (SSSR count). The van der Waals surface area contributed by atoms with Crippen molar-refractivity contribution in [3.8, 4) is 11.5 Å². The van der Waals surface area contributed by atoms with E-state index in [1.807, 2.05) is 48.5 Å². The Morgan fingerprint density at radius 1 is 0.584 bits per heavy atom. The molecule has 4 amide bonds. The number of allylic oxidation sites excluding steroid dienone is 1. The lowest BCUT2D eigenvalue weighted by atomic mass is 9.81. The van der Waals surface area contributed by atoms with Crippen molar-refractivity contribution in [2.24, 2.45) is 11.8 Å². The van der Waals surface area contributed by atoms with Gasteiger partial charge in [-0.1, -0.05) is 79.4 Å². The summed E-state index contributed by atoms with van der Waals surface area (Å²) in [6.45, 7) is 2.97. The Hall–Kier alpha value is -9.29. The van der Waals surface area contributed by atoms with Crippen molar-refractivity contribution in [1.82, 2.24) is 31.1 Å². The van der Waals surface area contributed by atoms with Gasteiger partial charge in [0.15, 0.2) is 0 Å². The molecular formula is C65H80N6O18. The van der Waals surface area contributed by atoms with Crippen LogP contribution in [0.4, 0.5) is 4.79 Å². The zero-order chi connectivity index (χ0) is 64.6. The monoisotopic (exact) mass is 1230 g/mol. The zero-order valence-corrected chi connectivity index (χ0v) is 49.6. The molecule has 0 saturated heterocycles. The number of aromatic hydroxyl groups is 2. The topological polar surface area (TPSA) is 379 Å². The van der Waals surface area contributed by atoms with Crippen LogP contribution in [0.1, 0.15) is 105 Å². The number of ether oxygens (including phenoxy) is 1. The number of unbranched alkanes of at least 4 members (excludes halogenated alkanes) is 1. The molecule has 0 radical (unpaired) electrons. The first kappa shape index (κ1) is 68.8. The predicted octanol–water partition coefficient (Wildman–Crippen LogP) is 6.64. The second kappa shape index (κ2) is 34.3. The number of aryl methyl sites for hydroxylation is 2. The number of alkyl carbamates (subject to hydrolysis) is 1. The van der Waals surface area contributed by atoms with Crippen LogP contribution in [0, 0.1) is 11.8 Å². The van der Waals surface area contributed by atoms with Gasteiger partial charge in [-0.3, -0.25) is 38.6 Å². The van der Waals surface area contributed by atoms with Crippen LogP contribution in [0.15, 0.2) is 103 Å². The maximum Gasteiger partial charge on any atom is 0.408 e. The maximum absolute atomic E-state index is 14.2. The standard InChI is InChI=1S/C65H80N6O18/c1-40(72)9-8-15-56(64(86)87)89-65(88)69-52(63(84)85)14-6-7-28-66-62(83)53(34-51-49-12-4-2-10-45(49)33-46-11-3-5-13-50(46)51)68-61(82)44-22-16-43(17-23-44)35-67-57(75)26-20-41-18-24-54(73)47(31-41)36-70(38-59(78)79)29-30-71(39-60(80)81)37-48-32-42(19-25-55(48)74)21-27-58(76)77/h2-5,10-13,18-19,24-25,31-33,43-44,52-53,56,72-74H,1,6-9,14-17,20-23,26-30,34-39H2,(H,66,83)(H,67,75)(H,68,82)(H,69,88)(H,76,77)(H,78,79)(H,80,81)(H,84,85)(H,86,87)/t43?,44?,52-,53-,56-/m0/s1. The third-order valence-corrected chi connectivity index (χ3v) is 15.8. The molecule has 89 heavy (non-hydrogen) atoms. The highest BCUT2D eigenvalue weighted by Crippen LogP contribution is 2.32. The van der Waals surface area contributed by atoms with E-state index in [9.17, 15) is 78.9 Å². The molecule has 3 atom stereocenters. The van der Waals surface area contributed by atoms with Gasteiger partial charge in [0, 0.05) is 82.0 Å². The van der Waals surface area contributed by atoms with Crippen molar-refractivity contribution in [3.05, 3.63) is 131 Å². The van der Waals surface area contributed by atoms with Crippen molar-refractivity contribution in [3.63, 3.8) is 0 Å². The van der Waals surface area contributed by atoms with Crippen LogP contribution in [-0.2, 0) is 75.4 Å². The summed E-state index contributed by atoms with van der Waals surface area (Å²) in [4.78, 5) is 116. The fraction of sp³-hybridized carbons (Fsp3) is 0.431. The van der Waals surface area contributed by atoms with E-state index >= 15 is 0 Å². The van der Waals surface area contributed by atoms with Gasteiger partial charge in [-0.2, -0.15) is 0 Å². The second-order valence-corrected chi connectivity index (χ2v) is 22.6. The van der Waals surface area contributed by atoms with Crippen molar-refractivity contribution in [2.45, 2.75) is 128 Å². The Bertz CT molecular complexity index is 3270. The van der Waals surface area contributed by atoms with Gasteiger partial charge in [0.2, 0.25) is 23.8 Å². The van der Waals surface area contributed by atoms with E-state index in [-0.39, 0.29) is 132 Å². The fourth-order valence-electron chi connectivity index (χ4n) is 11.0. The number of carbonyl (C=O) groups excluding carboxylic acids is 4. The first-order valence-electron chi connectivity index (χ1n) is 29.8. The van der Waals surface area contributed by atoms with E-state index in [0.29, 0.717) is 60.9 Å². The molecule has 1 aliphatic carbocycles. The van der Waals surface area contributed by atoms with Crippen molar-refractivity contribution < 1.29 is 88.7 Å². The molecule has 0 aliphatic heterocycles. The van der Waals surface area contributed by atoms with Crippen molar-refractivity contribution in [2.75, 3.05) is 39.3 Å². The summed E-state index contributed by atoms with van der Waals surface area (Å²) in [6.07, 6.45) is 0.585. The number of aliphatic hydroxyl groups is 1. The lowest BCUT2D eigenvalue weighted by Gasteiger charge is -2.29. The van der Waals surface area contributed by atoms with Crippen LogP contribution in [0.25, 0.3) is 21.5 Å². The van der Waals surface area contributed by atoms with E-state index in [1.54, 1.807) is 24.3 Å². The van der Waals surface area contributed by atoms with E-state index in [1.165, 1.54) is 21.9 Å². The van der Waals surface area contributed by atoms with Gasteiger partial charge in [0.05, 0.1) is 18.8 Å². The van der Waals surface area contributed by atoms with Crippen LogP contribution >= 0.6 is 0 Å². The molecule has 1 saturated carbocycles. The number of carboxylic acid groups (broad SMARTS) is 5. The smallest absolute Gasteiger partial charge is 0.408 e. The number of aliphatic hydroxyl groups excluding tert-OH is 1. The summed E-state index contributed by atoms with van der Waals surface area (Å²) in [5.41, 5.74) is 2.97. The number of carbonyl (C=O) groups is 9. The molecule has 1 fully saturated rings. The van der Waals surface area contributed by atoms with Gasteiger partial charge in [-0.25, -0.2) is 14.4 Å². The van der Waals surface area contributed by atoms with Gasteiger partial charge in [0.1, 0.15) is 23.6 Å². The first-order chi connectivity index (χ1) is 42.5. The predicted molar refractivity (Wildman–Crippen MR) is 327 cm³/mol. The van der Waals surface area contributed by atoms with E-state index < -0.39 is 79.0 Å². The summed E-state index contributed by atoms with van der Waals surface area (Å²) in [5.74, 6) is -7.82. The van der Waals surface area contributed by atoms with Gasteiger partial charge >= 0.3 is 35.9 Å². The average Bonchev–Trinajstić information content (AvgIpc) is 1.16. The van der Waals surface area contributed by atoms with Crippen LogP contribution in [0.3, 0.4) is 0 Å². The van der Waals surface area contributed by atoms with Crippen molar-refractivity contribution in [1.29, 1.82) is 0 Å². The number of nitrogens with zero attached hydrogens (tertiary/aromatic N) is 2. The molecule has 0 bridgehead atoms. The average molecular weight is 1230 g/mol. The summed E-state index contributed by atoms with van der Waals surface area (Å²) in [6, 6.07) is 24.6. The van der Waals surface area contributed by atoms with Crippen LogP contribution < -0.4 is 21.3 Å². The number of hydrogen-bond donors (Lipinski definition) is 12.